The third-order valence-electron chi connectivity index (χ3n) is 3.24. The summed E-state index contributed by atoms with van der Waals surface area (Å²) < 4.78 is 0. The van der Waals surface area contributed by atoms with E-state index in [9.17, 15) is 9.59 Å². The molecule has 1 N–H and O–H groups in total. The van der Waals surface area contributed by atoms with Gasteiger partial charge in [0.05, 0.1) is 13.1 Å². The number of hydrogen-bond acceptors (Lipinski definition) is 3. The van der Waals surface area contributed by atoms with Crippen molar-refractivity contribution in [3.05, 3.63) is 0 Å². The number of carbonyl (C=O) groups is 2. The van der Waals surface area contributed by atoms with E-state index in [1.165, 1.54) is 0 Å². The normalized spacial score (nSPS) is 18.4. The SMILES string of the molecule is CCCN1CC(=O)N(CCC(C)NCC)CC1=O. The van der Waals surface area contributed by atoms with Gasteiger partial charge in [0.2, 0.25) is 11.8 Å². The van der Waals surface area contributed by atoms with Gasteiger partial charge in [-0.1, -0.05) is 13.8 Å². The maximum atomic E-state index is 11.9. The van der Waals surface area contributed by atoms with E-state index in [0.717, 1.165) is 19.4 Å². The van der Waals surface area contributed by atoms with Gasteiger partial charge in [0.25, 0.3) is 0 Å². The second kappa shape index (κ2) is 7.36. The molecule has 0 spiro atoms. The van der Waals surface area contributed by atoms with E-state index in [1.54, 1.807) is 9.80 Å². The number of piperazine rings is 1. The van der Waals surface area contributed by atoms with Gasteiger partial charge < -0.3 is 15.1 Å². The molecular weight excluding hydrogens is 230 g/mol. The first-order valence-corrected chi connectivity index (χ1v) is 6.87. The third-order valence-corrected chi connectivity index (χ3v) is 3.24. The van der Waals surface area contributed by atoms with E-state index in [1.807, 2.05) is 6.92 Å². The van der Waals surface area contributed by atoms with Gasteiger partial charge in [-0.3, -0.25) is 9.59 Å². The zero-order valence-electron chi connectivity index (χ0n) is 11.7. The standard InChI is InChI=1S/C13H25N3O2/c1-4-7-15-9-13(18)16(10-12(15)17)8-6-11(3)14-5-2/h11,14H,4-10H2,1-3H3. The average molecular weight is 255 g/mol. The maximum absolute atomic E-state index is 11.9. The highest BCUT2D eigenvalue weighted by Gasteiger charge is 2.28. The Balaban J connectivity index is 2.40. The Morgan fingerprint density at radius 3 is 2.17 bits per heavy atom. The minimum Gasteiger partial charge on any atom is -0.332 e. The van der Waals surface area contributed by atoms with E-state index >= 15 is 0 Å². The van der Waals surface area contributed by atoms with Crippen molar-refractivity contribution in [3.8, 4) is 0 Å². The van der Waals surface area contributed by atoms with Gasteiger partial charge in [0, 0.05) is 19.1 Å². The van der Waals surface area contributed by atoms with Crippen LogP contribution < -0.4 is 5.32 Å². The number of amides is 2. The van der Waals surface area contributed by atoms with Crippen molar-refractivity contribution in [1.29, 1.82) is 0 Å². The topological polar surface area (TPSA) is 52.7 Å². The van der Waals surface area contributed by atoms with Crippen LogP contribution in [0.2, 0.25) is 0 Å². The van der Waals surface area contributed by atoms with Crippen molar-refractivity contribution in [3.63, 3.8) is 0 Å². The molecule has 1 aliphatic heterocycles. The fourth-order valence-corrected chi connectivity index (χ4v) is 2.18. The summed E-state index contributed by atoms with van der Waals surface area (Å²) in [5, 5.41) is 3.31. The predicted molar refractivity (Wildman–Crippen MR) is 71.2 cm³/mol. The highest BCUT2D eigenvalue weighted by Crippen LogP contribution is 2.07. The second-order valence-electron chi connectivity index (χ2n) is 4.88. The largest absolute Gasteiger partial charge is 0.332 e. The van der Waals surface area contributed by atoms with Crippen LogP contribution in [0.25, 0.3) is 0 Å². The second-order valence-corrected chi connectivity index (χ2v) is 4.88. The lowest BCUT2D eigenvalue weighted by Gasteiger charge is -2.34. The minimum absolute atomic E-state index is 0.0757. The lowest BCUT2D eigenvalue weighted by Crippen LogP contribution is -2.54. The lowest BCUT2D eigenvalue weighted by atomic mass is 10.2. The molecule has 0 aromatic heterocycles. The summed E-state index contributed by atoms with van der Waals surface area (Å²) >= 11 is 0. The molecule has 104 valence electrons. The molecule has 1 unspecified atom stereocenters. The maximum Gasteiger partial charge on any atom is 0.242 e. The molecule has 2 amide bonds. The summed E-state index contributed by atoms with van der Waals surface area (Å²) in [4.78, 5) is 27.1. The summed E-state index contributed by atoms with van der Waals surface area (Å²) in [6, 6.07) is 0.381. The van der Waals surface area contributed by atoms with Crippen LogP contribution in [0.4, 0.5) is 0 Å². The highest BCUT2D eigenvalue weighted by molar-refractivity contribution is 5.92. The molecule has 1 fully saturated rings. The molecule has 0 aromatic rings. The van der Waals surface area contributed by atoms with E-state index in [0.29, 0.717) is 19.1 Å². The van der Waals surface area contributed by atoms with Crippen LogP contribution in [0.15, 0.2) is 0 Å². The fourth-order valence-electron chi connectivity index (χ4n) is 2.18. The average Bonchev–Trinajstić information content (AvgIpc) is 2.32. The molecule has 0 bridgehead atoms. The molecule has 0 radical (unpaired) electrons. The van der Waals surface area contributed by atoms with Crippen molar-refractivity contribution < 1.29 is 9.59 Å². The van der Waals surface area contributed by atoms with Crippen LogP contribution in [0.1, 0.15) is 33.6 Å². The first kappa shape index (κ1) is 15.0. The van der Waals surface area contributed by atoms with Crippen LogP contribution >= 0.6 is 0 Å². The highest BCUT2D eigenvalue weighted by atomic mass is 16.2. The lowest BCUT2D eigenvalue weighted by molar-refractivity contribution is -0.150. The fraction of sp³-hybridized carbons (Fsp3) is 0.846. The predicted octanol–water partition coefficient (Wildman–Crippen LogP) is 0.455. The van der Waals surface area contributed by atoms with Gasteiger partial charge in [-0.05, 0) is 26.3 Å². The summed E-state index contributed by atoms with van der Waals surface area (Å²) in [6.07, 6.45) is 1.79. The molecule has 0 aromatic carbocycles. The molecule has 0 saturated carbocycles. The monoisotopic (exact) mass is 255 g/mol. The van der Waals surface area contributed by atoms with E-state index in [4.69, 9.17) is 0 Å². The van der Waals surface area contributed by atoms with Crippen LogP contribution in [0.3, 0.4) is 0 Å². The Labute approximate surface area is 110 Å². The molecule has 5 nitrogen and oxygen atoms in total. The number of hydrogen-bond donors (Lipinski definition) is 1. The Hall–Kier alpha value is -1.10. The van der Waals surface area contributed by atoms with Crippen LogP contribution in [0, 0.1) is 0 Å². The van der Waals surface area contributed by atoms with Crippen LogP contribution in [0.5, 0.6) is 0 Å². The summed E-state index contributed by atoms with van der Waals surface area (Å²) in [5.41, 5.74) is 0. The molecule has 1 heterocycles. The smallest absolute Gasteiger partial charge is 0.242 e. The van der Waals surface area contributed by atoms with Gasteiger partial charge in [-0.25, -0.2) is 0 Å². The Bertz CT molecular complexity index is 294. The third kappa shape index (κ3) is 4.29. The van der Waals surface area contributed by atoms with Crippen LogP contribution in [-0.2, 0) is 9.59 Å². The van der Waals surface area contributed by atoms with Crippen molar-refractivity contribution in [2.75, 3.05) is 32.7 Å². The number of nitrogens with zero attached hydrogens (tertiary/aromatic N) is 2. The molecule has 1 aliphatic rings. The number of carbonyl (C=O) groups excluding carboxylic acids is 2. The number of rotatable bonds is 7. The number of nitrogens with one attached hydrogen (secondary N) is 1. The first-order valence-electron chi connectivity index (χ1n) is 6.87. The van der Waals surface area contributed by atoms with Crippen molar-refractivity contribution >= 4 is 11.8 Å². The zero-order chi connectivity index (χ0) is 13.5. The molecule has 1 atom stereocenters. The van der Waals surface area contributed by atoms with Gasteiger partial charge in [-0.15, -0.1) is 0 Å². The van der Waals surface area contributed by atoms with E-state index in [-0.39, 0.29) is 24.9 Å². The van der Waals surface area contributed by atoms with Crippen molar-refractivity contribution in [2.45, 2.75) is 39.7 Å². The Morgan fingerprint density at radius 2 is 1.67 bits per heavy atom. The van der Waals surface area contributed by atoms with Crippen molar-refractivity contribution in [1.82, 2.24) is 15.1 Å². The first-order chi connectivity index (χ1) is 8.58. The van der Waals surface area contributed by atoms with Gasteiger partial charge in [0.15, 0.2) is 0 Å². The van der Waals surface area contributed by atoms with E-state index < -0.39 is 0 Å². The summed E-state index contributed by atoms with van der Waals surface area (Å²) in [6.45, 7) is 8.96. The Morgan fingerprint density at radius 1 is 1.11 bits per heavy atom. The van der Waals surface area contributed by atoms with Gasteiger partial charge in [-0.2, -0.15) is 0 Å². The van der Waals surface area contributed by atoms with Crippen molar-refractivity contribution in [2.24, 2.45) is 0 Å². The van der Waals surface area contributed by atoms with Crippen LogP contribution in [-0.4, -0.2) is 60.4 Å². The summed E-state index contributed by atoms with van der Waals surface area (Å²) in [5.74, 6) is 0.152. The van der Waals surface area contributed by atoms with Gasteiger partial charge in [0.1, 0.15) is 0 Å². The molecule has 1 rings (SSSR count). The van der Waals surface area contributed by atoms with Gasteiger partial charge >= 0.3 is 0 Å². The molecular formula is C13H25N3O2. The molecule has 0 aliphatic carbocycles. The van der Waals surface area contributed by atoms with E-state index in [2.05, 4.69) is 19.2 Å². The zero-order valence-corrected chi connectivity index (χ0v) is 11.7. The molecule has 1 saturated heterocycles. The summed E-state index contributed by atoms with van der Waals surface area (Å²) in [7, 11) is 0. The Kier molecular flexibility index (Phi) is 6.12. The minimum atomic E-state index is 0.0757. The quantitative estimate of drug-likeness (QED) is 0.719. The molecule has 5 heteroatoms. The molecule has 18 heavy (non-hydrogen) atoms.